The van der Waals surface area contributed by atoms with Crippen LogP contribution in [0.15, 0.2) is 24.3 Å². The first-order valence-electron chi connectivity index (χ1n) is 7.18. The third kappa shape index (κ3) is 6.19. The first-order valence-corrected chi connectivity index (χ1v) is 7.18. The van der Waals surface area contributed by atoms with Crippen LogP contribution in [0.3, 0.4) is 0 Å². The predicted octanol–water partition coefficient (Wildman–Crippen LogP) is 2.28. The minimum absolute atomic E-state index is 0.333. The Labute approximate surface area is 116 Å². The molecule has 0 radical (unpaired) electrons. The number of aliphatic hydroxyl groups is 2. The predicted molar refractivity (Wildman–Crippen MR) is 79.1 cm³/mol. The third-order valence-electron chi connectivity index (χ3n) is 3.20. The molecule has 0 spiro atoms. The fourth-order valence-electron chi connectivity index (χ4n) is 2.00. The van der Waals surface area contributed by atoms with Crippen molar-refractivity contribution in [2.45, 2.75) is 45.8 Å². The lowest BCUT2D eigenvalue weighted by atomic mass is 10.0. The molecule has 0 saturated heterocycles. The van der Waals surface area contributed by atoms with Crippen LogP contribution in [-0.2, 0) is 6.42 Å². The topological polar surface area (TPSA) is 52.5 Å². The molecule has 2 unspecified atom stereocenters. The van der Waals surface area contributed by atoms with Gasteiger partial charge >= 0.3 is 0 Å². The standard InChI is InChI=1S/C16H27NO2/c1-4-15(18)10-17-11-16(19)14-7-5-13(6-8-14)9-12(2)3/h5-8,12,15-19H,4,9-11H2,1-3H3. The first kappa shape index (κ1) is 16.2. The zero-order valence-electron chi connectivity index (χ0n) is 12.3. The molecule has 1 rings (SSSR count). The van der Waals surface area contributed by atoms with Crippen molar-refractivity contribution < 1.29 is 10.2 Å². The van der Waals surface area contributed by atoms with Crippen LogP contribution in [0.5, 0.6) is 0 Å². The summed E-state index contributed by atoms with van der Waals surface area (Å²) in [5.74, 6) is 0.646. The molecule has 0 aromatic heterocycles. The second-order valence-electron chi connectivity index (χ2n) is 5.58. The summed E-state index contributed by atoms with van der Waals surface area (Å²) in [5.41, 5.74) is 2.23. The van der Waals surface area contributed by atoms with Crippen molar-refractivity contribution in [2.75, 3.05) is 13.1 Å². The Bertz CT molecular complexity index is 348. The average Bonchev–Trinajstić information content (AvgIpc) is 2.38. The molecule has 108 valence electrons. The van der Waals surface area contributed by atoms with Gasteiger partial charge in [0.15, 0.2) is 0 Å². The lowest BCUT2D eigenvalue weighted by molar-refractivity contribution is 0.144. The van der Waals surface area contributed by atoms with Crippen LogP contribution in [0.25, 0.3) is 0 Å². The monoisotopic (exact) mass is 265 g/mol. The molecule has 0 fully saturated rings. The van der Waals surface area contributed by atoms with Crippen molar-refractivity contribution in [3.05, 3.63) is 35.4 Å². The molecule has 3 heteroatoms. The highest BCUT2D eigenvalue weighted by Crippen LogP contribution is 2.15. The van der Waals surface area contributed by atoms with E-state index in [1.54, 1.807) is 0 Å². The molecule has 2 atom stereocenters. The summed E-state index contributed by atoms with van der Waals surface area (Å²) in [7, 11) is 0. The second-order valence-corrected chi connectivity index (χ2v) is 5.58. The Morgan fingerprint density at radius 3 is 2.21 bits per heavy atom. The fraction of sp³-hybridized carbons (Fsp3) is 0.625. The molecule has 1 aromatic carbocycles. The minimum Gasteiger partial charge on any atom is -0.392 e. The molecule has 0 saturated carbocycles. The molecule has 3 nitrogen and oxygen atoms in total. The molecule has 0 amide bonds. The zero-order chi connectivity index (χ0) is 14.3. The Morgan fingerprint density at radius 1 is 1.05 bits per heavy atom. The van der Waals surface area contributed by atoms with E-state index in [2.05, 4.69) is 31.3 Å². The van der Waals surface area contributed by atoms with Gasteiger partial charge in [-0.05, 0) is 29.9 Å². The maximum atomic E-state index is 10.0. The number of nitrogens with one attached hydrogen (secondary N) is 1. The molecular weight excluding hydrogens is 238 g/mol. The number of rotatable bonds is 8. The van der Waals surface area contributed by atoms with Crippen molar-refractivity contribution in [1.29, 1.82) is 0 Å². The summed E-state index contributed by atoms with van der Waals surface area (Å²) in [5, 5.41) is 22.5. The third-order valence-corrected chi connectivity index (χ3v) is 3.20. The molecule has 0 heterocycles. The van der Waals surface area contributed by atoms with Gasteiger partial charge < -0.3 is 15.5 Å². The number of hydrogen-bond donors (Lipinski definition) is 3. The van der Waals surface area contributed by atoms with Gasteiger partial charge in [0.25, 0.3) is 0 Å². The highest BCUT2D eigenvalue weighted by atomic mass is 16.3. The summed E-state index contributed by atoms with van der Waals surface area (Å²) in [6.07, 6.45) is 0.947. The molecule has 0 aliphatic carbocycles. The van der Waals surface area contributed by atoms with E-state index in [1.807, 2.05) is 19.1 Å². The summed E-state index contributed by atoms with van der Waals surface area (Å²) < 4.78 is 0. The van der Waals surface area contributed by atoms with Gasteiger partial charge in [-0.25, -0.2) is 0 Å². The van der Waals surface area contributed by atoms with Crippen LogP contribution in [0, 0.1) is 5.92 Å². The Hall–Kier alpha value is -0.900. The van der Waals surface area contributed by atoms with E-state index in [1.165, 1.54) is 5.56 Å². The second kappa shape index (κ2) is 8.31. The maximum Gasteiger partial charge on any atom is 0.0914 e. The highest BCUT2D eigenvalue weighted by Gasteiger charge is 2.08. The van der Waals surface area contributed by atoms with Crippen molar-refractivity contribution in [1.82, 2.24) is 5.32 Å². The van der Waals surface area contributed by atoms with Gasteiger partial charge in [-0.2, -0.15) is 0 Å². The van der Waals surface area contributed by atoms with E-state index in [0.29, 0.717) is 19.0 Å². The fourth-order valence-corrected chi connectivity index (χ4v) is 2.00. The van der Waals surface area contributed by atoms with Crippen LogP contribution < -0.4 is 5.32 Å². The van der Waals surface area contributed by atoms with E-state index in [0.717, 1.165) is 18.4 Å². The van der Waals surface area contributed by atoms with E-state index in [4.69, 9.17) is 0 Å². The van der Waals surface area contributed by atoms with Gasteiger partial charge in [0.2, 0.25) is 0 Å². The van der Waals surface area contributed by atoms with Gasteiger partial charge in [-0.1, -0.05) is 45.0 Å². The van der Waals surface area contributed by atoms with Crippen molar-refractivity contribution in [2.24, 2.45) is 5.92 Å². The molecule has 1 aromatic rings. The lowest BCUT2D eigenvalue weighted by Gasteiger charge is -2.15. The van der Waals surface area contributed by atoms with Gasteiger partial charge in [0, 0.05) is 13.1 Å². The molecule has 0 aliphatic heterocycles. The smallest absolute Gasteiger partial charge is 0.0914 e. The van der Waals surface area contributed by atoms with E-state index in [-0.39, 0.29) is 6.10 Å². The summed E-state index contributed by atoms with van der Waals surface area (Å²) in [4.78, 5) is 0. The molecular formula is C16H27NO2. The number of hydrogen-bond acceptors (Lipinski definition) is 3. The number of benzene rings is 1. The van der Waals surface area contributed by atoms with Crippen LogP contribution in [0.2, 0.25) is 0 Å². The van der Waals surface area contributed by atoms with E-state index < -0.39 is 6.10 Å². The first-order chi connectivity index (χ1) is 9.02. The van der Waals surface area contributed by atoms with Crippen molar-refractivity contribution in [3.8, 4) is 0 Å². The van der Waals surface area contributed by atoms with E-state index >= 15 is 0 Å². The zero-order valence-corrected chi connectivity index (χ0v) is 12.3. The maximum absolute atomic E-state index is 10.0. The van der Waals surface area contributed by atoms with Gasteiger partial charge in [-0.3, -0.25) is 0 Å². The Kier molecular flexibility index (Phi) is 7.06. The quantitative estimate of drug-likeness (QED) is 0.676. The summed E-state index contributed by atoms with van der Waals surface area (Å²) in [6, 6.07) is 8.14. The van der Waals surface area contributed by atoms with Crippen molar-refractivity contribution >= 4 is 0 Å². The summed E-state index contributed by atoms with van der Waals surface area (Å²) >= 11 is 0. The van der Waals surface area contributed by atoms with Crippen LogP contribution in [0.1, 0.15) is 44.4 Å². The van der Waals surface area contributed by atoms with Crippen molar-refractivity contribution in [3.63, 3.8) is 0 Å². The lowest BCUT2D eigenvalue weighted by Crippen LogP contribution is -2.29. The van der Waals surface area contributed by atoms with Gasteiger partial charge in [0.1, 0.15) is 0 Å². The highest BCUT2D eigenvalue weighted by molar-refractivity contribution is 5.24. The number of aliphatic hydroxyl groups excluding tert-OH is 2. The summed E-state index contributed by atoms with van der Waals surface area (Å²) in [6.45, 7) is 7.34. The molecule has 0 aliphatic rings. The Balaban J connectivity index is 2.42. The van der Waals surface area contributed by atoms with Crippen LogP contribution >= 0.6 is 0 Å². The van der Waals surface area contributed by atoms with Crippen LogP contribution in [0.4, 0.5) is 0 Å². The normalized spacial score (nSPS) is 14.6. The minimum atomic E-state index is -0.517. The SMILES string of the molecule is CCC(O)CNCC(O)c1ccc(CC(C)C)cc1. The van der Waals surface area contributed by atoms with Gasteiger partial charge in [-0.15, -0.1) is 0 Å². The average molecular weight is 265 g/mol. The molecule has 0 bridgehead atoms. The van der Waals surface area contributed by atoms with Crippen LogP contribution in [-0.4, -0.2) is 29.4 Å². The van der Waals surface area contributed by atoms with E-state index in [9.17, 15) is 10.2 Å². The molecule has 3 N–H and O–H groups in total. The molecule has 19 heavy (non-hydrogen) atoms. The largest absolute Gasteiger partial charge is 0.392 e. The Morgan fingerprint density at radius 2 is 1.68 bits per heavy atom. The van der Waals surface area contributed by atoms with Gasteiger partial charge in [0.05, 0.1) is 12.2 Å².